The van der Waals surface area contributed by atoms with Crippen molar-refractivity contribution in [2.45, 2.75) is 10.6 Å². The van der Waals surface area contributed by atoms with Crippen molar-refractivity contribution >= 4 is 24.5 Å². The van der Waals surface area contributed by atoms with Gasteiger partial charge in [-0.2, -0.15) is 0 Å². The number of benzene rings is 2. The molecule has 3 nitrogen and oxygen atoms in total. The SMILES string of the molecule is [B+2]c1ccc(C[S+]([O-])c2ccccc2)cc1.[OH-].[OH-]. The van der Waals surface area contributed by atoms with Crippen molar-refractivity contribution in [1.29, 1.82) is 0 Å². The molecule has 2 N–H and O–H groups in total. The van der Waals surface area contributed by atoms with E-state index in [0.29, 0.717) is 5.75 Å². The third-order valence-electron chi connectivity index (χ3n) is 2.28. The van der Waals surface area contributed by atoms with Gasteiger partial charge in [0.15, 0.2) is 0 Å². The van der Waals surface area contributed by atoms with Crippen LogP contribution in [0.2, 0.25) is 0 Å². The first-order valence-corrected chi connectivity index (χ1v) is 6.35. The fraction of sp³-hybridized carbons (Fsp3) is 0.0769. The van der Waals surface area contributed by atoms with E-state index in [2.05, 4.69) is 0 Å². The second kappa shape index (κ2) is 7.95. The van der Waals surface area contributed by atoms with Crippen LogP contribution in [0.1, 0.15) is 5.56 Å². The Morgan fingerprint density at radius 1 is 0.889 bits per heavy atom. The van der Waals surface area contributed by atoms with Crippen LogP contribution in [0, 0.1) is 0 Å². The van der Waals surface area contributed by atoms with E-state index in [4.69, 9.17) is 7.85 Å². The first kappa shape index (κ1) is 16.7. The molecule has 0 spiro atoms. The molecule has 0 aliphatic heterocycles. The summed E-state index contributed by atoms with van der Waals surface area (Å²) in [7, 11) is 5.59. The zero-order valence-electron chi connectivity index (χ0n) is 9.69. The van der Waals surface area contributed by atoms with Crippen molar-refractivity contribution < 1.29 is 15.5 Å². The number of hydrogen-bond donors (Lipinski definition) is 0. The molecule has 0 radical (unpaired) electrons. The monoisotopic (exact) mass is 260 g/mol. The van der Waals surface area contributed by atoms with Gasteiger partial charge in [0, 0.05) is 0 Å². The zero-order valence-corrected chi connectivity index (χ0v) is 10.5. The molecule has 2 aromatic carbocycles. The van der Waals surface area contributed by atoms with Crippen LogP contribution in [0.3, 0.4) is 0 Å². The van der Waals surface area contributed by atoms with Gasteiger partial charge in [0.1, 0.15) is 0 Å². The normalized spacial score (nSPS) is 11.1. The topological polar surface area (TPSA) is 83.1 Å². The molecule has 92 valence electrons. The largest absolute Gasteiger partial charge is 0.870 e. The summed E-state index contributed by atoms with van der Waals surface area (Å²) in [4.78, 5) is 0.860. The van der Waals surface area contributed by atoms with Gasteiger partial charge in [-0.15, -0.1) is 0 Å². The van der Waals surface area contributed by atoms with Gasteiger partial charge in [0.25, 0.3) is 0 Å². The molecule has 0 aromatic heterocycles. The average molecular weight is 260 g/mol. The first-order valence-electron chi connectivity index (χ1n) is 5.03. The van der Waals surface area contributed by atoms with Gasteiger partial charge >= 0.3 is 99.8 Å². The van der Waals surface area contributed by atoms with Crippen LogP contribution in [0.4, 0.5) is 0 Å². The van der Waals surface area contributed by atoms with Crippen LogP contribution >= 0.6 is 0 Å². The molecule has 1 atom stereocenters. The molecule has 0 saturated heterocycles. The van der Waals surface area contributed by atoms with E-state index in [-0.39, 0.29) is 11.0 Å². The van der Waals surface area contributed by atoms with E-state index < -0.39 is 11.2 Å². The Bertz CT molecular complexity index is 448. The molecule has 2 aromatic rings. The predicted molar refractivity (Wildman–Crippen MR) is 72.3 cm³/mol. The Kier molecular flexibility index (Phi) is 7.39. The molecule has 1 unspecified atom stereocenters. The first-order chi connectivity index (χ1) is 7.75. The van der Waals surface area contributed by atoms with Crippen molar-refractivity contribution in [3.8, 4) is 0 Å². The molecule has 0 bridgehead atoms. The van der Waals surface area contributed by atoms with Gasteiger partial charge < -0.3 is 11.0 Å². The van der Waals surface area contributed by atoms with Crippen molar-refractivity contribution in [2.24, 2.45) is 0 Å². The Labute approximate surface area is 111 Å². The van der Waals surface area contributed by atoms with E-state index in [9.17, 15) is 4.55 Å². The van der Waals surface area contributed by atoms with E-state index in [0.717, 1.165) is 15.9 Å². The molecular weight excluding hydrogens is 247 g/mol. The van der Waals surface area contributed by atoms with Crippen molar-refractivity contribution in [1.82, 2.24) is 0 Å². The minimum atomic E-state index is -0.982. The van der Waals surface area contributed by atoms with Gasteiger partial charge in [0.2, 0.25) is 0 Å². The van der Waals surface area contributed by atoms with Gasteiger partial charge in [-0.25, -0.2) is 0 Å². The zero-order chi connectivity index (χ0) is 11.4. The van der Waals surface area contributed by atoms with Gasteiger partial charge in [-0.1, -0.05) is 0 Å². The Balaban J connectivity index is 0.00000144. The van der Waals surface area contributed by atoms with Crippen molar-refractivity contribution in [3.05, 3.63) is 60.2 Å². The third kappa shape index (κ3) is 4.54. The summed E-state index contributed by atoms with van der Waals surface area (Å²) < 4.78 is 12.0. The van der Waals surface area contributed by atoms with Gasteiger partial charge in [0.05, 0.1) is 0 Å². The summed E-state index contributed by atoms with van der Waals surface area (Å²) in [6.45, 7) is 0. The van der Waals surface area contributed by atoms with E-state index in [1.165, 1.54) is 0 Å². The second-order valence-electron chi connectivity index (χ2n) is 3.54. The Morgan fingerprint density at radius 3 is 2.00 bits per heavy atom. The Hall–Kier alpha value is -1.27. The summed E-state index contributed by atoms with van der Waals surface area (Å²) >= 11 is -0.982. The quantitative estimate of drug-likeness (QED) is 0.618. The molecule has 0 fully saturated rings. The fourth-order valence-corrected chi connectivity index (χ4v) is 2.54. The van der Waals surface area contributed by atoms with E-state index in [1.807, 2.05) is 54.6 Å². The van der Waals surface area contributed by atoms with E-state index in [1.54, 1.807) is 0 Å². The van der Waals surface area contributed by atoms with Crippen LogP contribution in [-0.2, 0) is 16.9 Å². The average Bonchev–Trinajstić information content (AvgIpc) is 2.33. The summed E-state index contributed by atoms with van der Waals surface area (Å²) in [6.07, 6.45) is 0. The molecule has 0 amide bonds. The molecular formula is C13H13BO3S. The summed E-state index contributed by atoms with van der Waals surface area (Å²) in [5.74, 6) is 0.532. The molecule has 0 heterocycles. The maximum absolute atomic E-state index is 12.0. The summed E-state index contributed by atoms with van der Waals surface area (Å²) in [5.41, 5.74) is 1.77. The fourth-order valence-electron chi connectivity index (χ4n) is 1.42. The molecule has 18 heavy (non-hydrogen) atoms. The van der Waals surface area contributed by atoms with Crippen LogP contribution < -0.4 is 5.46 Å². The van der Waals surface area contributed by atoms with Crippen LogP contribution in [0.25, 0.3) is 0 Å². The maximum atomic E-state index is 12.0. The summed E-state index contributed by atoms with van der Waals surface area (Å²) in [6, 6.07) is 17.0. The van der Waals surface area contributed by atoms with Crippen LogP contribution in [-0.4, -0.2) is 23.4 Å². The summed E-state index contributed by atoms with van der Waals surface area (Å²) in [5, 5.41) is 0. The standard InChI is InChI=1S/C13H11BOS.2H2O/c14-12-8-6-11(7-9-12)10-16(15)13-4-2-1-3-5-13;;/h1-9H,10H2;2*1H2/q+2;;/p-2. The maximum Gasteiger partial charge on any atom is -0.870 e. The van der Waals surface area contributed by atoms with Crippen molar-refractivity contribution in [2.75, 3.05) is 0 Å². The second-order valence-corrected chi connectivity index (χ2v) is 5.00. The molecule has 0 aliphatic rings. The van der Waals surface area contributed by atoms with Gasteiger partial charge in [-0.05, 0) is 0 Å². The van der Waals surface area contributed by atoms with Crippen LogP contribution in [0.5, 0.6) is 0 Å². The number of rotatable bonds is 3. The minimum Gasteiger partial charge on any atom is -0.870 e. The molecule has 2 rings (SSSR count). The molecule has 5 heteroatoms. The van der Waals surface area contributed by atoms with Gasteiger partial charge in [-0.3, -0.25) is 0 Å². The van der Waals surface area contributed by atoms with E-state index >= 15 is 0 Å². The smallest absolute Gasteiger partial charge is 0.870 e. The van der Waals surface area contributed by atoms with Crippen LogP contribution in [0.15, 0.2) is 59.5 Å². The predicted octanol–water partition coefficient (Wildman–Crippen LogP) is 1.43. The number of hydrogen-bond acceptors (Lipinski definition) is 3. The minimum absolute atomic E-state index is 0. The Morgan fingerprint density at radius 2 is 1.44 bits per heavy atom. The van der Waals surface area contributed by atoms with Crippen molar-refractivity contribution in [3.63, 3.8) is 0 Å². The molecule has 0 aliphatic carbocycles. The molecule has 0 saturated carbocycles. The third-order valence-corrected chi connectivity index (χ3v) is 3.68.